The predicted molar refractivity (Wildman–Crippen MR) is 100 cm³/mol. The Labute approximate surface area is 151 Å². The Morgan fingerprint density at radius 1 is 0.920 bits per heavy atom. The molecule has 2 saturated carbocycles. The zero-order valence-corrected chi connectivity index (χ0v) is 15.2. The fourth-order valence-corrected chi connectivity index (χ4v) is 3.88. The van der Waals surface area contributed by atoms with E-state index >= 15 is 0 Å². The minimum absolute atomic E-state index is 0.00472. The van der Waals surface area contributed by atoms with Crippen molar-refractivity contribution in [1.29, 1.82) is 0 Å². The van der Waals surface area contributed by atoms with Gasteiger partial charge in [0, 0.05) is 18.1 Å². The van der Waals surface area contributed by atoms with Crippen LogP contribution in [0.2, 0.25) is 0 Å². The molecule has 0 bridgehead atoms. The van der Waals surface area contributed by atoms with E-state index in [2.05, 4.69) is 10.6 Å². The van der Waals surface area contributed by atoms with Crippen molar-refractivity contribution in [3.63, 3.8) is 0 Å². The lowest BCUT2D eigenvalue weighted by molar-refractivity contribution is -0.127. The Bertz CT molecular complexity index is 512. The summed E-state index contributed by atoms with van der Waals surface area (Å²) in [7, 11) is 0. The molecular weight excluding hydrogens is 312 g/mol. The van der Waals surface area contributed by atoms with Crippen LogP contribution in [0.3, 0.4) is 0 Å². The molecule has 0 saturated heterocycles. The molecule has 2 unspecified atom stereocenters. The standard InChI is InChI=1S/C21H32N2O2/c24-21(16-25-15-17-9-5-4-6-10-17)23-20-14-13-19(20)22-18-11-7-2-1-3-8-12-18/h4-6,9-10,18-20,22H,1-3,7-8,11-16H2,(H,23,24). The fraction of sp³-hybridized carbons (Fsp3) is 0.667. The minimum Gasteiger partial charge on any atom is -0.367 e. The van der Waals surface area contributed by atoms with E-state index in [0.717, 1.165) is 12.0 Å². The Hall–Kier alpha value is -1.39. The molecule has 4 heteroatoms. The molecule has 1 amide bonds. The van der Waals surface area contributed by atoms with E-state index in [-0.39, 0.29) is 18.6 Å². The lowest BCUT2D eigenvalue weighted by Gasteiger charge is -2.40. The first-order valence-electron chi connectivity index (χ1n) is 9.98. The van der Waals surface area contributed by atoms with Gasteiger partial charge in [-0.25, -0.2) is 0 Å². The number of carbonyl (C=O) groups excluding carboxylic acids is 1. The SMILES string of the molecule is O=C(COCc1ccccc1)NC1CCC1NC1CCCCCCC1. The third-order valence-corrected chi connectivity index (χ3v) is 5.52. The second-order valence-electron chi connectivity index (χ2n) is 7.54. The monoisotopic (exact) mass is 344 g/mol. The summed E-state index contributed by atoms with van der Waals surface area (Å²) in [5, 5.41) is 6.95. The Kier molecular flexibility index (Phi) is 7.31. The van der Waals surface area contributed by atoms with Crippen molar-refractivity contribution in [3.8, 4) is 0 Å². The van der Waals surface area contributed by atoms with Gasteiger partial charge in [0.1, 0.15) is 6.61 Å². The van der Waals surface area contributed by atoms with Crippen LogP contribution >= 0.6 is 0 Å². The van der Waals surface area contributed by atoms with E-state index in [4.69, 9.17) is 4.74 Å². The number of carbonyl (C=O) groups is 1. The topological polar surface area (TPSA) is 50.4 Å². The molecule has 0 heterocycles. The highest BCUT2D eigenvalue weighted by Crippen LogP contribution is 2.24. The van der Waals surface area contributed by atoms with Gasteiger partial charge in [-0.05, 0) is 31.2 Å². The maximum absolute atomic E-state index is 12.1. The maximum Gasteiger partial charge on any atom is 0.246 e. The van der Waals surface area contributed by atoms with Crippen molar-refractivity contribution in [2.75, 3.05) is 6.61 Å². The molecule has 3 rings (SSSR count). The van der Waals surface area contributed by atoms with Gasteiger partial charge in [0.15, 0.2) is 0 Å². The number of nitrogens with one attached hydrogen (secondary N) is 2. The van der Waals surface area contributed by atoms with Crippen LogP contribution in [0.4, 0.5) is 0 Å². The highest BCUT2D eigenvalue weighted by molar-refractivity contribution is 5.77. The van der Waals surface area contributed by atoms with Crippen LogP contribution in [-0.4, -0.2) is 30.6 Å². The van der Waals surface area contributed by atoms with Crippen LogP contribution in [0.25, 0.3) is 0 Å². The highest BCUT2D eigenvalue weighted by Gasteiger charge is 2.33. The van der Waals surface area contributed by atoms with Gasteiger partial charge in [-0.1, -0.05) is 62.4 Å². The molecule has 0 aromatic heterocycles. The summed E-state index contributed by atoms with van der Waals surface area (Å²) in [6.07, 6.45) is 11.7. The van der Waals surface area contributed by atoms with E-state index in [1.807, 2.05) is 30.3 Å². The third-order valence-electron chi connectivity index (χ3n) is 5.52. The molecular formula is C21H32N2O2. The predicted octanol–water partition coefficient (Wildman–Crippen LogP) is 3.55. The number of rotatable bonds is 7. The van der Waals surface area contributed by atoms with Crippen molar-refractivity contribution in [2.24, 2.45) is 0 Å². The van der Waals surface area contributed by atoms with Crippen LogP contribution in [0.1, 0.15) is 63.4 Å². The number of ether oxygens (including phenoxy) is 1. The van der Waals surface area contributed by atoms with Gasteiger partial charge in [0.25, 0.3) is 0 Å². The van der Waals surface area contributed by atoms with Gasteiger partial charge in [-0.15, -0.1) is 0 Å². The molecule has 4 nitrogen and oxygen atoms in total. The molecule has 0 spiro atoms. The van der Waals surface area contributed by atoms with Gasteiger partial charge >= 0.3 is 0 Å². The summed E-state index contributed by atoms with van der Waals surface area (Å²) in [4.78, 5) is 12.1. The molecule has 1 aromatic rings. The van der Waals surface area contributed by atoms with E-state index < -0.39 is 0 Å². The molecule has 2 fully saturated rings. The summed E-state index contributed by atoms with van der Waals surface area (Å²) in [5.74, 6) is 0.00472. The van der Waals surface area contributed by atoms with Gasteiger partial charge in [-0.2, -0.15) is 0 Å². The Balaban J connectivity index is 1.33. The first-order chi connectivity index (χ1) is 12.3. The second-order valence-corrected chi connectivity index (χ2v) is 7.54. The average molecular weight is 344 g/mol. The van der Waals surface area contributed by atoms with Gasteiger partial charge < -0.3 is 15.4 Å². The lowest BCUT2D eigenvalue weighted by Crippen LogP contribution is -2.59. The van der Waals surface area contributed by atoms with Crippen molar-refractivity contribution >= 4 is 5.91 Å². The molecule has 25 heavy (non-hydrogen) atoms. The van der Waals surface area contributed by atoms with Gasteiger partial charge in [0.05, 0.1) is 6.61 Å². The Morgan fingerprint density at radius 3 is 2.28 bits per heavy atom. The molecule has 2 aliphatic rings. The van der Waals surface area contributed by atoms with Crippen molar-refractivity contribution in [3.05, 3.63) is 35.9 Å². The van der Waals surface area contributed by atoms with Gasteiger partial charge in [-0.3, -0.25) is 4.79 Å². The van der Waals surface area contributed by atoms with E-state index in [0.29, 0.717) is 18.7 Å². The van der Waals surface area contributed by atoms with Crippen LogP contribution in [0.5, 0.6) is 0 Å². The molecule has 2 atom stereocenters. The van der Waals surface area contributed by atoms with E-state index in [1.54, 1.807) is 0 Å². The van der Waals surface area contributed by atoms with Gasteiger partial charge in [0.2, 0.25) is 5.91 Å². The summed E-state index contributed by atoms with van der Waals surface area (Å²) in [5.41, 5.74) is 1.10. The highest BCUT2D eigenvalue weighted by atomic mass is 16.5. The normalized spacial score (nSPS) is 24.8. The van der Waals surface area contributed by atoms with Crippen molar-refractivity contribution in [1.82, 2.24) is 10.6 Å². The number of amides is 1. The molecule has 1 aromatic carbocycles. The first kappa shape index (κ1) is 18.4. The van der Waals surface area contributed by atoms with Crippen LogP contribution < -0.4 is 10.6 Å². The molecule has 0 aliphatic heterocycles. The number of hydrogen-bond donors (Lipinski definition) is 2. The lowest BCUT2D eigenvalue weighted by atomic mass is 9.84. The van der Waals surface area contributed by atoms with Crippen molar-refractivity contribution < 1.29 is 9.53 Å². The molecule has 138 valence electrons. The molecule has 2 aliphatic carbocycles. The summed E-state index contributed by atoms with van der Waals surface area (Å²) >= 11 is 0. The number of hydrogen-bond acceptors (Lipinski definition) is 3. The maximum atomic E-state index is 12.1. The largest absolute Gasteiger partial charge is 0.367 e. The summed E-state index contributed by atoms with van der Waals surface area (Å²) < 4.78 is 5.53. The second kappa shape index (κ2) is 9.93. The van der Waals surface area contributed by atoms with E-state index in [9.17, 15) is 4.79 Å². The fourth-order valence-electron chi connectivity index (χ4n) is 3.88. The number of benzene rings is 1. The zero-order chi connectivity index (χ0) is 17.3. The van der Waals surface area contributed by atoms with Crippen LogP contribution in [-0.2, 0) is 16.1 Å². The Morgan fingerprint density at radius 2 is 1.60 bits per heavy atom. The third kappa shape index (κ3) is 6.12. The minimum atomic E-state index is 0.00472. The smallest absolute Gasteiger partial charge is 0.246 e. The molecule has 0 radical (unpaired) electrons. The average Bonchev–Trinajstić information content (AvgIpc) is 2.59. The molecule has 2 N–H and O–H groups in total. The first-order valence-corrected chi connectivity index (χ1v) is 9.98. The van der Waals surface area contributed by atoms with E-state index in [1.165, 1.54) is 51.4 Å². The quantitative estimate of drug-likeness (QED) is 0.795. The summed E-state index contributed by atoms with van der Waals surface area (Å²) in [6.45, 7) is 0.629. The van der Waals surface area contributed by atoms with Crippen LogP contribution in [0, 0.1) is 0 Å². The zero-order valence-electron chi connectivity index (χ0n) is 15.2. The van der Waals surface area contributed by atoms with Crippen molar-refractivity contribution in [2.45, 2.75) is 82.5 Å². The van der Waals surface area contributed by atoms with Crippen LogP contribution in [0.15, 0.2) is 30.3 Å². The summed E-state index contributed by atoms with van der Waals surface area (Å²) in [6, 6.07) is 11.3.